The number of rotatable bonds is 8. The molecule has 0 atom stereocenters. The lowest BCUT2D eigenvalue weighted by Crippen LogP contribution is -2.61. The van der Waals surface area contributed by atoms with Crippen LogP contribution in [0.25, 0.3) is 0 Å². The zero-order chi connectivity index (χ0) is 21.2. The lowest BCUT2D eigenvalue weighted by atomic mass is 10.0. The number of likely N-dealkylation sites (tertiary alicyclic amines) is 1. The summed E-state index contributed by atoms with van der Waals surface area (Å²) in [7, 11) is -6.10. The number of hydrogen-bond donors (Lipinski definition) is 1. The Morgan fingerprint density at radius 2 is 1.46 bits per heavy atom. The Morgan fingerprint density at radius 3 is 1.96 bits per heavy atom. The summed E-state index contributed by atoms with van der Waals surface area (Å²) in [5.41, 5.74) is 0. The van der Waals surface area contributed by atoms with Gasteiger partial charge in [0.15, 0.2) is 0 Å². The first-order valence-electron chi connectivity index (χ1n) is 8.41. The van der Waals surface area contributed by atoms with Gasteiger partial charge in [-0.25, -0.2) is 13.7 Å². The highest BCUT2D eigenvalue weighted by molar-refractivity contribution is 7.95. The Balaban J connectivity index is 2.11. The second kappa shape index (κ2) is 8.81. The first-order valence-corrected chi connectivity index (χ1v) is 10.6. The number of alkyl halides is 6. The van der Waals surface area contributed by atoms with Crippen molar-refractivity contribution in [3.8, 4) is 0 Å². The van der Waals surface area contributed by atoms with Crippen LogP contribution in [0.4, 0.5) is 26.3 Å². The summed E-state index contributed by atoms with van der Waals surface area (Å²) in [5.74, 6) is -6.34. The van der Waals surface area contributed by atoms with Crippen molar-refractivity contribution in [1.29, 1.82) is 0 Å². The molecule has 0 aromatic rings. The minimum absolute atomic E-state index is 0.0759. The van der Waals surface area contributed by atoms with Gasteiger partial charge in [0.1, 0.15) is 12.0 Å². The molecule has 0 aromatic carbocycles. The Kier molecular flexibility index (Phi) is 7.54. The van der Waals surface area contributed by atoms with Crippen LogP contribution < -0.4 is 0 Å². The molecule has 2 aliphatic rings. The summed E-state index contributed by atoms with van der Waals surface area (Å²) < 4.78 is 110. The maximum absolute atomic E-state index is 14.1. The van der Waals surface area contributed by atoms with E-state index in [0.29, 0.717) is 0 Å². The molecular formula is C13H20F6N2O5S2. The van der Waals surface area contributed by atoms with Gasteiger partial charge in [-0.15, -0.1) is 4.33 Å². The fourth-order valence-corrected chi connectivity index (χ4v) is 5.22. The largest absolute Gasteiger partial charge is 0.428 e. The highest BCUT2D eigenvalue weighted by atomic mass is 32.2. The number of sulfonamides is 1. The van der Waals surface area contributed by atoms with Gasteiger partial charge in [-0.2, -0.15) is 30.6 Å². The molecule has 0 spiro atoms. The molecule has 0 bridgehead atoms. The van der Waals surface area contributed by atoms with Crippen LogP contribution in [0, 0.1) is 0 Å². The molecule has 166 valence electrons. The molecule has 7 nitrogen and oxygen atoms in total. The molecule has 0 radical (unpaired) electrons. The van der Waals surface area contributed by atoms with Crippen LogP contribution in [0.5, 0.6) is 0 Å². The van der Waals surface area contributed by atoms with Gasteiger partial charge in [0.05, 0.1) is 0 Å². The van der Waals surface area contributed by atoms with Crippen molar-refractivity contribution in [3.63, 3.8) is 0 Å². The predicted molar refractivity (Wildman–Crippen MR) is 86.2 cm³/mol. The molecule has 28 heavy (non-hydrogen) atoms. The summed E-state index contributed by atoms with van der Waals surface area (Å²) in [6, 6.07) is -0.0759. The first kappa shape index (κ1) is 24.0. The molecule has 0 aliphatic carbocycles. The third kappa shape index (κ3) is 4.39. The van der Waals surface area contributed by atoms with Crippen molar-refractivity contribution in [3.05, 3.63) is 0 Å². The van der Waals surface area contributed by atoms with E-state index in [2.05, 4.69) is 14.3 Å². The minimum atomic E-state index is -6.34. The fourth-order valence-electron chi connectivity index (χ4n) is 3.34. The van der Waals surface area contributed by atoms with Crippen LogP contribution in [-0.4, -0.2) is 71.5 Å². The van der Waals surface area contributed by atoms with E-state index in [9.17, 15) is 34.8 Å². The molecule has 2 heterocycles. The van der Waals surface area contributed by atoms with E-state index in [1.165, 1.54) is 0 Å². The highest BCUT2D eigenvalue weighted by Crippen LogP contribution is 2.54. The van der Waals surface area contributed by atoms with Crippen LogP contribution in [-0.2, 0) is 19.4 Å². The fraction of sp³-hybridized carbons (Fsp3) is 1.00. The molecule has 2 fully saturated rings. The smallest absolute Gasteiger partial charge is 0.300 e. The van der Waals surface area contributed by atoms with Gasteiger partial charge in [-0.05, 0) is 38.8 Å². The molecule has 0 saturated carbocycles. The molecule has 2 saturated heterocycles. The molecule has 15 heteroatoms. The van der Waals surface area contributed by atoms with Crippen molar-refractivity contribution in [2.24, 2.45) is 0 Å². The van der Waals surface area contributed by atoms with Crippen molar-refractivity contribution in [1.82, 2.24) is 9.21 Å². The predicted octanol–water partition coefficient (Wildman–Crippen LogP) is 3.16. The first-order chi connectivity index (χ1) is 12.9. The van der Waals surface area contributed by atoms with Gasteiger partial charge in [-0.3, -0.25) is 0 Å². The van der Waals surface area contributed by atoms with Crippen molar-refractivity contribution < 1.29 is 49.4 Å². The number of hydrogen-bond acceptors (Lipinski definition) is 7. The topological polar surface area (TPSA) is 79.3 Å². The standard InChI is InChI=1S/C13H20F6N2O5S2/c14-11(15,12(16,17)27-26-25-22)13(18,19)28(23,24)21-8-4-10(5-9-21)20-6-2-1-3-7-20/h10,22H,1-9H2. The monoisotopic (exact) mass is 462 g/mol. The zero-order valence-corrected chi connectivity index (χ0v) is 16.1. The van der Waals surface area contributed by atoms with E-state index in [1.54, 1.807) is 0 Å². The van der Waals surface area contributed by atoms with Crippen LogP contribution in [0.2, 0.25) is 0 Å². The number of piperidine rings is 2. The summed E-state index contributed by atoms with van der Waals surface area (Å²) >= 11 is -1.63. The van der Waals surface area contributed by atoms with Crippen LogP contribution in [0.1, 0.15) is 32.1 Å². The van der Waals surface area contributed by atoms with E-state index >= 15 is 0 Å². The van der Waals surface area contributed by atoms with Gasteiger partial charge < -0.3 is 4.90 Å². The van der Waals surface area contributed by atoms with E-state index < -0.39 is 51.6 Å². The summed E-state index contributed by atoms with van der Waals surface area (Å²) in [5, 5.41) is -1.38. The average molecular weight is 462 g/mol. The van der Waals surface area contributed by atoms with Crippen LogP contribution in [0.15, 0.2) is 0 Å². The second-order valence-electron chi connectivity index (χ2n) is 6.57. The van der Waals surface area contributed by atoms with Crippen LogP contribution in [0.3, 0.4) is 0 Å². The SMILES string of the molecule is O=S(=O)(N1CCC(N2CCCCC2)CC1)C(F)(F)C(F)(F)C(F)(F)SOOO. The number of nitrogens with zero attached hydrogens (tertiary/aromatic N) is 2. The maximum atomic E-state index is 14.1. The van der Waals surface area contributed by atoms with Gasteiger partial charge >= 0.3 is 16.4 Å². The Hall–Kier alpha value is -0.320. The third-order valence-corrected chi connectivity index (χ3v) is 7.44. The van der Waals surface area contributed by atoms with E-state index in [1.807, 2.05) is 0 Å². The van der Waals surface area contributed by atoms with E-state index in [4.69, 9.17) is 5.26 Å². The summed E-state index contributed by atoms with van der Waals surface area (Å²) in [4.78, 5) is 2.09. The van der Waals surface area contributed by atoms with Crippen molar-refractivity contribution in [2.45, 2.75) is 54.6 Å². The highest BCUT2D eigenvalue weighted by Gasteiger charge is 2.79. The lowest BCUT2D eigenvalue weighted by Gasteiger charge is -2.41. The van der Waals surface area contributed by atoms with Crippen LogP contribution >= 0.6 is 12.0 Å². The van der Waals surface area contributed by atoms with Gasteiger partial charge in [0, 0.05) is 19.1 Å². The van der Waals surface area contributed by atoms with Gasteiger partial charge in [-0.1, -0.05) is 11.5 Å². The second-order valence-corrected chi connectivity index (χ2v) is 9.36. The molecule has 2 rings (SSSR count). The lowest BCUT2D eigenvalue weighted by molar-refractivity contribution is -0.434. The molecule has 2 aliphatic heterocycles. The zero-order valence-electron chi connectivity index (χ0n) is 14.5. The summed E-state index contributed by atoms with van der Waals surface area (Å²) in [6.45, 7) is 0.596. The Bertz CT molecular complexity index is 625. The minimum Gasteiger partial charge on any atom is -0.300 e. The number of halogens is 6. The van der Waals surface area contributed by atoms with Gasteiger partial charge in [0.2, 0.25) is 0 Å². The molecular weight excluding hydrogens is 442 g/mol. The quantitative estimate of drug-likeness (QED) is 0.257. The van der Waals surface area contributed by atoms with Crippen molar-refractivity contribution in [2.75, 3.05) is 26.2 Å². The molecule has 0 amide bonds. The molecule has 1 N–H and O–H groups in total. The normalized spacial score (nSPS) is 22.5. The van der Waals surface area contributed by atoms with Gasteiger partial charge in [0.25, 0.3) is 10.0 Å². The van der Waals surface area contributed by atoms with Crippen molar-refractivity contribution >= 4 is 22.1 Å². The Labute approximate surface area is 162 Å². The average Bonchev–Trinajstić information content (AvgIpc) is 2.66. The third-order valence-electron chi connectivity index (χ3n) is 4.89. The molecule has 0 unspecified atom stereocenters. The van der Waals surface area contributed by atoms with E-state index in [-0.39, 0.29) is 23.2 Å². The molecule has 0 aromatic heterocycles. The van der Waals surface area contributed by atoms with E-state index in [0.717, 1.165) is 32.4 Å². The summed E-state index contributed by atoms with van der Waals surface area (Å²) in [6.07, 6.45) is 3.23. The Morgan fingerprint density at radius 1 is 0.929 bits per heavy atom. The maximum Gasteiger partial charge on any atom is 0.428 e.